The molecule has 2 aromatic heterocycles. The van der Waals surface area contributed by atoms with Crippen LogP contribution in [0.5, 0.6) is 0 Å². The van der Waals surface area contributed by atoms with Gasteiger partial charge in [0.15, 0.2) is 22.1 Å². The Labute approximate surface area is 184 Å². The summed E-state index contributed by atoms with van der Waals surface area (Å²) >= 11 is 6.18. The van der Waals surface area contributed by atoms with Crippen LogP contribution in [0, 0.1) is 13.8 Å². The van der Waals surface area contributed by atoms with Gasteiger partial charge in [0.25, 0.3) is 11.6 Å². The number of aromatic nitrogens is 4. The highest BCUT2D eigenvalue weighted by Crippen LogP contribution is 2.24. The van der Waals surface area contributed by atoms with Crippen molar-refractivity contribution >= 4 is 55.3 Å². The van der Waals surface area contributed by atoms with E-state index in [1.807, 2.05) is 33.7 Å². The Balaban J connectivity index is 1.34. The molecule has 0 saturated carbocycles. The lowest BCUT2D eigenvalue weighted by Gasteiger charge is -2.02. The first-order chi connectivity index (χ1) is 14.0. The predicted molar refractivity (Wildman–Crippen MR) is 126 cm³/mol. The molecule has 4 aromatic rings. The van der Waals surface area contributed by atoms with E-state index >= 15 is 0 Å². The van der Waals surface area contributed by atoms with Crippen molar-refractivity contribution in [1.82, 2.24) is 9.13 Å². The zero-order valence-corrected chi connectivity index (χ0v) is 19.7. The molecule has 0 bridgehead atoms. The normalized spacial score (nSPS) is 11.8. The van der Waals surface area contributed by atoms with Gasteiger partial charge in [0.05, 0.1) is 14.1 Å². The van der Waals surface area contributed by atoms with Crippen molar-refractivity contribution in [3.63, 3.8) is 0 Å². The van der Waals surface area contributed by atoms with Crippen molar-refractivity contribution in [2.75, 3.05) is 11.5 Å². The summed E-state index contributed by atoms with van der Waals surface area (Å²) in [5, 5.41) is 0.788. The fraction of sp³-hybridized carbons (Fsp3) is 0.364. The number of aryl methyl sites for hydroxylation is 4. The molecule has 0 N–H and O–H groups in total. The number of benzene rings is 2. The van der Waals surface area contributed by atoms with Crippen LogP contribution in [0.15, 0.2) is 42.5 Å². The van der Waals surface area contributed by atoms with Crippen LogP contribution in [0.1, 0.15) is 11.6 Å². The Bertz CT molecular complexity index is 1180. The minimum absolute atomic E-state index is 0.788. The maximum absolute atomic E-state index is 6.18. The highest BCUT2D eigenvalue weighted by molar-refractivity contribution is 8.76. The number of imidazole rings is 2. The van der Waals surface area contributed by atoms with E-state index in [1.165, 1.54) is 33.7 Å². The van der Waals surface area contributed by atoms with E-state index in [2.05, 4.69) is 76.5 Å². The third-order valence-electron chi connectivity index (χ3n) is 5.76. The molecule has 0 atom stereocenters. The largest absolute Gasteiger partial charge is 0.254 e. The third-order valence-corrected chi connectivity index (χ3v) is 8.36. The lowest BCUT2D eigenvalue weighted by Crippen LogP contribution is -2.37. The molecular weight excluding hydrogens is 420 g/mol. The molecule has 4 nitrogen and oxygen atoms in total. The van der Waals surface area contributed by atoms with Crippen molar-refractivity contribution < 1.29 is 9.13 Å². The lowest BCUT2D eigenvalue weighted by atomic mass is 10.3. The molecule has 152 valence electrons. The average molecular weight is 447 g/mol. The summed E-state index contributed by atoms with van der Waals surface area (Å²) in [5.74, 6) is 4.74. The standard InChI is InChI=1S/C22H27ClN4S2/c1-16-24(3)19-7-5-6-8-20(19)26(16)11-13-28-29-14-12-27-17(2)25(4)22-15-18(23)9-10-21(22)27/h5-10,15H,11-14H2,1-4H3/q+2. The highest BCUT2D eigenvalue weighted by Gasteiger charge is 2.20. The highest BCUT2D eigenvalue weighted by atomic mass is 35.5. The second-order valence-corrected chi connectivity index (χ2v) is 10.4. The number of halogens is 1. The molecule has 0 saturated heterocycles. The quantitative estimate of drug-likeness (QED) is 0.234. The summed E-state index contributed by atoms with van der Waals surface area (Å²) in [6.45, 7) is 6.41. The molecular formula is C22H27ClN4S2+2. The Morgan fingerprint density at radius 3 is 2.52 bits per heavy atom. The van der Waals surface area contributed by atoms with E-state index in [4.69, 9.17) is 11.6 Å². The zero-order valence-electron chi connectivity index (χ0n) is 17.4. The Hall–Kier alpha value is -1.63. The van der Waals surface area contributed by atoms with Crippen molar-refractivity contribution in [2.45, 2.75) is 26.9 Å². The van der Waals surface area contributed by atoms with Gasteiger partial charge in [0.1, 0.15) is 13.1 Å². The van der Waals surface area contributed by atoms with Gasteiger partial charge in [-0.2, -0.15) is 0 Å². The molecule has 7 heteroatoms. The topological polar surface area (TPSA) is 17.6 Å². The van der Waals surface area contributed by atoms with E-state index in [9.17, 15) is 0 Å². The summed E-state index contributed by atoms with van der Waals surface area (Å²) in [6, 6.07) is 14.8. The minimum atomic E-state index is 0.788. The molecule has 0 aliphatic rings. The van der Waals surface area contributed by atoms with E-state index < -0.39 is 0 Å². The molecule has 0 aliphatic heterocycles. The first-order valence-electron chi connectivity index (χ1n) is 9.81. The second kappa shape index (κ2) is 8.62. The molecule has 2 aromatic carbocycles. The summed E-state index contributed by atoms with van der Waals surface area (Å²) in [5.41, 5.74) is 5.06. The van der Waals surface area contributed by atoms with Gasteiger partial charge in [-0.15, -0.1) is 0 Å². The molecule has 0 fully saturated rings. The molecule has 0 aliphatic carbocycles. The number of para-hydroxylation sites is 2. The van der Waals surface area contributed by atoms with Crippen LogP contribution >= 0.6 is 33.2 Å². The Kier molecular flexibility index (Phi) is 6.13. The van der Waals surface area contributed by atoms with Crippen molar-refractivity contribution in [1.29, 1.82) is 0 Å². The van der Waals surface area contributed by atoms with Crippen LogP contribution < -0.4 is 9.13 Å². The Morgan fingerprint density at radius 1 is 0.931 bits per heavy atom. The summed E-state index contributed by atoms with van der Waals surface area (Å²) in [7, 11) is 8.17. The molecule has 0 unspecified atom stereocenters. The fourth-order valence-electron chi connectivity index (χ4n) is 3.97. The van der Waals surface area contributed by atoms with E-state index in [-0.39, 0.29) is 0 Å². The molecule has 2 heterocycles. The number of fused-ring (bicyclic) bond motifs is 2. The van der Waals surface area contributed by atoms with Crippen LogP contribution in [0.3, 0.4) is 0 Å². The smallest absolute Gasteiger partial charge is 0.230 e. The second-order valence-electron chi connectivity index (χ2n) is 7.28. The summed E-state index contributed by atoms with van der Waals surface area (Å²) < 4.78 is 9.32. The minimum Gasteiger partial charge on any atom is -0.230 e. The maximum Gasteiger partial charge on any atom is 0.254 e. The average Bonchev–Trinajstić information content (AvgIpc) is 3.10. The molecule has 0 spiro atoms. The van der Waals surface area contributed by atoms with E-state index in [0.29, 0.717) is 0 Å². The summed E-state index contributed by atoms with van der Waals surface area (Å²) in [6.07, 6.45) is 0. The molecule has 29 heavy (non-hydrogen) atoms. The van der Waals surface area contributed by atoms with Crippen LogP contribution in [-0.4, -0.2) is 20.6 Å². The number of rotatable bonds is 7. The van der Waals surface area contributed by atoms with Crippen molar-refractivity contribution in [3.8, 4) is 0 Å². The van der Waals surface area contributed by atoms with Crippen LogP contribution in [0.25, 0.3) is 22.1 Å². The van der Waals surface area contributed by atoms with Crippen LogP contribution in [0.4, 0.5) is 0 Å². The molecule has 4 rings (SSSR count). The molecule has 0 radical (unpaired) electrons. The van der Waals surface area contributed by atoms with E-state index in [0.717, 1.165) is 29.6 Å². The third kappa shape index (κ3) is 3.90. The molecule has 0 amide bonds. The zero-order chi connectivity index (χ0) is 20.5. The van der Waals surface area contributed by atoms with Crippen molar-refractivity contribution in [2.24, 2.45) is 14.1 Å². The number of hydrogen-bond donors (Lipinski definition) is 0. The van der Waals surface area contributed by atoms with Gasteiger partial charge >= 0.3 is 0 Å². The van der Waals surface area contributed by atoms with E-state index in [1.54, 1.807) is 0 Å². The monoisotopic (exact) mass is 446 g/mol. The first-order valence-corrected chi connectivity index (χ1v) is 12.7. The number of nitrogens with zero attached hydrogens (tertiary/aromatic N) is 4. The van der Waals surface area contributed by atoms with Gasteiger partial charge < -0.3 is 0 Å². The van der Waals surface area contributed by atoms with Gasteiger partial charge in [0.2, 0.25) is 0 Å². The summed E-state index contributed by atoms with van der Waals surface area (Å²) in [4.78, 5) is 0. The van der Waals surface area contributed by atoms with Gasteiger partial charge in [-0.25, -0.2) is 18.3 Å². The lowest BCUT2D eigenvalue weighted by molar-refractivity contribution is -0.673. The number of hydrogen-bond acceptors (Lipinski definition) is 2. The Morgan fingerprint density at radius 2 is 1.69 bits per heavy atom. The maximum atomic E-state index is 6.18. The van der Waals surface area contributed by atoms with Gasteiger partial charge in [-0.3, -0.25) is 0 Å². The van der Waals surface area contributed by atoms with Gasteiger partial charge in [-0.05, 0) is 24.3 Å². The van der Waals surface area contributed by atoms with Gasteiger partial charge in [0, 0.05) is 36.4 Å². The van der Waals surface area contributed by atoms with Crippen molar-refractivity contribution in [3.05, 3.63) is 59.1 Å². The van der Waals surface area contributed by atoms with Crippen LogP contribution in [0.2, 0.25) is 5.02 Å². The predicted octanol–water partition coefficient (Wildman–Crippen LogP) is 4.60. The fourth-order valence-corrected chi connectivity index (χ4v) is 6.04. The first kappa shape index (κ1) is 20.6. The van der Waals surface area contributed by atoms with Gasteiger partial charge in [-0.1, -0.05) is 45.3 Å². The SMILES string of the molecule is Cc1n(CCSSCC[n+]2c(C)n(C)c3cc(Cl)ccc32)c2ccccc2[n+]1C. The van der Waals surface area contributed by atoms with Crippen LogP contribution in [-0.2, 0) is 27.2 Å².